The predicted molar refractivity (Wildman–Crippen MR) is 111 cm³/mol. The number of amides is 1. The highest BCUT2D eigenvalue weighted by Crippen LogP contribution is 2.30. The number of fused-ring (bicyclic) bond motifs is 1. The van der Waals surface area contributed by atoms with Crippen LogP contribution in [0.1, 0.15) is 43.2 Å². The Labute approximate surface area is 163 Å². The molecular weight excluding hydrogens is 334 g/mol. The molecule has 0 saturated carbocycles. The number of hydrogen-bond acceptors (Lipinski definition) is 3. The number of allylic oxidation sites excluding steroid dienone is 1. The zero-order valence-corrected chi connectivity index (χ0v) is 16.5. The van der Waals surface area contributed by atoms with Crippen molar-refractivity contribution in [2.24, 2.45) is 0 Å². The van der Waals surface area contributed by atoms with Gasteiger partial charge in [0.05, 0.1) is 6.42 Å². The summed E-state index contributed by atoms with van der Waals surface area (Å²) in [6.07, 6.45) is 9.20. The number of hydrogen-bond donors (Lipinski definition) is 0. The van der Waals surface area contributed by atoms with Crippen LogP contribution in [0.2, 0.25) is 0 Å². The molecule has 1 aromatic rings. The van der Waals surface area contributed by atoms with Crippen LogP contribution in [0.4, 0.5) is 0 Å². The molecule has 0 bridgehead atoms. The molecular formula is C23H33N3O. The van der Waals surface area contributed by atoms with E-state index in [9.17, 15) is 4.79 Å². The monoisotopic (exact) mass is 367 g/mol. The van der Waals surface area contributed by atoms with Gasteiger partial charge >= 0.3 is 0 Å². The third-order valence-corrected chi connectivity index (χ3v) is 6.40. The van der Waals surface area contributed by atoms with Crippen LogP contribution in [0.15, 0.2) is 30.3 Å². The van der Waals surface area contributed by atoms with E-state index in [4.69, 9.17) is 0 Å². The van der Waals surface area contributed by atoms with Crippen molar-refractivity contribution < 1.29 is 4.79 Å². The van der Waals surface area contributed by atoms with E-state index < -0.39 is 0 Å². The molecule has 0 unspecified atom stereocenters. The van der Waals surface area contributed by atoms with Crippen LogP contribution in [0.3, 0.4) is 0 Å². The average Bonchev–Trinajstić information content (AvgIpc) is 3.12. The number of piperazine rings is 1. The molecule has 0 spiro atoms. The van der Waals surface area contributed by atoms with Crippen molar-refractivity contribution in [3.05, 3.63) is 41.5 Å². The summed E-state index contributed by atoms with van der Waals surface area (Å²) >= 11 is 0. The van der Waals surface area contributed by atoms with Crippen molar-refractivity contribution in [1.82, 2.24) is 14.7 Å². The molecule has 2 heterocycles. The van der Waals surface area contributed by atoms with Crippen LogP contribution in [0.5, 0.6) is 0 Å². The smallest absolute Gasteiger partial charge is 0.227 e. The van der Waals surface area contributed by atoms with Gasteiger partial charge in [-0.25, -0.2) is 0 Å². The molecule has 0 atom stereocenters. The van der Waals surface area contributed by atoms with Gasteiger partial charge in [-0.05, 0) is 68.6 Å². The van der Waals surface area contributed by atoms with Gasteiger partial charge in [0.15, 0.2) is 0 Å². The van der Waals surface area contributed by atoms with Crippen molar-refractivity contribution in [2.45, 2.75) is 38.5 Å². The summed E-state index contributed by atoms with van der Waals surface area (Å²) in [7, 11) is 0. The Kier molecular flexibility index (Phi) is 6.25. The topological polar surface area (TPSA) is 26.8 Å². The number of piperidine rings is 1. The van der Waals surface area contributed by atoms with E-state index in [0.29, 0.717) is 12.3 Å². The second-order valence-corrected chi connectivity index (χ2v) is 8.25. The average molecular weight is 368 g/mol. The Morgan fingerprint density at radius 2 is 1.56 bits per heavy atom. The Balaban J connectivity index is 1.17. The Bertz CT molecular complexity index is 670. The van der Waals surface area contributed by atoms with Gasteiger partial charge in [0.2, 0.25) is 5.91 Å². The van der Waals surface area contributed by atoms with E-state index >= 15 is 0 Å². The van der Waals surface area contributed by atoms with Gasteiger partial charge < -0.3 is 9.80 Å². The van der Waals surface area contributed by atoms with Gasteiger partial charge in [0, 0.05) is 26.2 Å². The summed E-state index contributed by atoms with van der Waals surface area (Å²) in [5.74, 6) is 0.297. The van der Waals surface area contributed by atoms with Crippen molar-refractivity contribution in [1.29, 1.82) is 0 Å². The Morgan fingerprint density at radius 1 is 0.852 bits per heavy atom. The van der Waals surface area contributed by atoms with Gasteiger partial charge in [-0.3, -0.25) is 9.69 Å². The van der Waals surface area contributed by atoms with E-state index in [1.165, 1.54) is 68.6 Å². The highest BCUT2D eigenvalue weighted by molar-refractivity contribution is 5.90. The first kappa shape index (κ1) is 18.7. The van der Waals surface area contributed by atoms with Crippen molar-refractivity contribution in [2.75, 3.05) is 52.4 Å². The van der Waals surface area contributed by atoms with Gasteiger partial charge in [0.1, 0.15) is 0 Å². The first-order chi connectivity index (χ1) is 13.3. The number of rotatable bonds is 6. The summed E-state index contributed by atoms with van der Waals surface area (Å²) in [4.78, 5) is 20.0. The highest BCUT2D eigenvalue weighted by atomic mass is 16.2. The highest BCUT2D eigenvalue weighted by Gasteiger charge is 2.23. The van der Waals surface area contributed by atoms with Gasteiger partial charge in [0.25, 0.3) is 0 Å². The molecule has 4 heteroatoms. The molecule has 146 valence electrons. The van der Waals surface area contributed by atoms with E-state index in [1.54, 1.807) is 0 Å². The van der Waals surface area contributed by atoms with E-state index in [0.717, 1.165) is 32.6 Å². The van der Waals surface area contributed by atoms with E-state index in [2.05, 4.69) is 45.0 Å². The molecule has 1 amide bonds. The normalized spacial score (nSPS) is 21.2. The van der Waals surface area contributed by atoms with Gasteiger partial charge in [-0.1, -0.05) is 36.8 Å². The van der Waals surface area contributed by atoms with Crippen molar-refractivity contribution in [3.8, 4) is 0 Å². The third kappa shape index (κ3) is 4.80. The lowest BCUT2D eigenvalue weighted by atomic mass is 10.0. The van der Waals surface area contributed by atoms with Crippen LogP contribution in [-0.2, 0) is 11.2 Å². The zero-order chi connectivity index (χ0) is 18.5. The van der Waals surface area contributed by atoms with Crippen LogP contribution >= 0.6 is 0 Å². The molecule has 4 rings (SSSR count). The fourth-order valence-electron chi connectivity index (χ4n) is 4.72. The standard InChI is InChI=1S/C23H33N3O/c27-23(19-21-10-9-20-7-2-3-8-22(20)21)26-17-15-25(16-18-26)14-6-13-24-11-4-1-5-12-24/h2-3,7-8,10H,1,4-6,9,11-19H2. The third-order valence-electron chi connectivity index (χ3n) is 6.40. The first-order valence-corrected chi connectivity index (χ1v) is 10.8. The molecule has 2 aliphatic heterocycles. The lowest BCUT2D eigenvalue weighted by Crippen LogP contribution is -2.49. The number of benzene rings is 1. The van der Waals surface area contributed by atoms with Crippen molar-refractivity contribution >= 4 is 11.5 Å². The van der Waals surface area contributed by atoms with Crippen LogP contribution in [0, 0.1) is 0 Å². The number of carbonyl (C=O) groups is 1. The number of likely N-dealkylation sites (tertiary alicyclic amines) is 1. The molecule has 1 aliphatic carbocycles. The SMILES string of the molecule is O=C(CC1=CCc2ccccc21)N1CCN(CCCN2CCCCC2)CC1. The molecule has 0 radical (unpaired) electrons. The molecule has 3 aliphatic rings. The molecule has 4 nitrogen and oxygen atoms in total. The number of carbonyl (C=O) groups excluding carboxylic acids is 1. The minimum Gasteiger partial charge on any atom is -0.340 e. The van der Waals surface area contributed by atoms with Gasteiger partial charge in [-0.15, -0.1) is 0 Å². The quantitative estimate of drug-likeness (QED) is 0.773. The Hall–Kier alpha value is -1.65. The maximum absolute atomic E-state index is 12.8. The maximum atomic E-state index is 12.8. The second kappa shape index (κ2) is 9.03. The molecule has 0 N–H and O–H groups in total. The summed E-state index contributed by atoms with van der Waals surface area (Å²) < 4.78 is 0. The predicted octanol–water partition coefficient (Wildman–Crippen LogP) is 3.04. The summed E-state index contributed by atoms with van der Waals surface area (Å²) in [6.45, 7) is 8.84. The molecule has 1 aromatic carbocycles. The van der Waals surface area contributed by atoms with E-state index in [1.807, 2.05) is 0 Å². The molecule has 2 saturated heterocycles. The molecule has 0 aromatic heterocycles. The minimum absolute atomic E-state index is 0.297. The zero-order valence-electron chi connectivity index (χ0n) is 16.5. The molecule has 2 fully saturated rings. The lowest BCUT2D eigenvalue weighted by molar-refractivity contribution is -0.131. The Morgan fingerprint density at radius 3 is 2.33 bits per heavy atom. The second-order valence-electron chi connectivity index (χ2n) is 8.25. The van der Waals surface area contributed by atoms with Crippen molar-refractivity contribution in [3.63, 3.8) is 0 Å². The van der Waals surface area contributed by atoms with E-state index in [-0.39, 0.29) is 0 Å². The maximum Gasteiger partial charge on any atom is 0.227 e. The van der Waals surface area contributed by atoms with Crippen LogP contribution in [0.25, 0.3) is 5.57 Å². The largest absolute Gasteiger partial charge is 0.340 e. The molecule has 27 heavy (non-hydrogen) atoms. The summed E-state index contributed by atoms with van der Waals surface area (Å²) in [5.41, 5.74) is 3.86. The first-order valence-electron chi connectivity index (χ1n) is 10.8. The van der Waals surface area contributed by atoms with Crippen LogP contribution in [-0.4, -0.2) is 73.0 Å². The fraction of sp³-hybridized carbons (Fsp3) is 0.609. The van der Waals surface area contributed by atoms with Gasteiger partial charge in [-0.2, -0.15) is 0 Å². The number of nitrogens with zero attached hydrogens (tertiary/aromatic N) is 3. The lowest BCUT2D eigenvalue weighted by Gasteiger charge is -2.35. The summed E-state index contributed by atoms with van der Waals surface area (Å²) in [5, 5.41) is 0. The minimum atomic E-state index is 0.297. The fourth-order valence-corrected chi connectivity index (χ4v) is 4.72. The van der Waals surface area contributed by atoms with Crippen LogP contribution < -0.4 is 0 Å². The summed E-state index contributed by atoms with van der Waals surface area (Å²) in [6, 6.07) is 8.49.